The molecule has 2 heterocycles. The molecule has 2 rings (SSSR count). The van der Waals surface area contributed by atoms with Gasteiger partial charge in [0, 0.05) is 0 Å². The van der Waals surface area contributed by atoms with E-state index in [4.69, 9.17) is 14.2 Å². The number of nitrogens with one attached hydrogen (secondary N) is 1. The summed E-state index contributed by atoms with van der Waals surface area (Å²) in [6, 6.07) is 0. The molecule has 0 aliphatic carbocycles. The highest BCUT2D eigenvalue weighted by Crippen LogP contribution is 2.11. The molecular weight excluding hydrogens is 126 g/mol. The van der Waals surface area contributed by atoms with Crippen molar-refractivity contribution in [2.75, 3.05) is 13.4 Å². The Labute approximate surface area is 51.8 Å². The van der Waals surface area contributed by atoms with Gasteiger partial charge >= 0.3 is 0 Å². The summed E-state index contributed by atoms with van der Waals surface area (Å²) in [7, 11) is 0. The fraction of sp³-hybridized carbons (Fsp3) is 1.00. The summed E-state index contributed by atoms with van der Waals surface area (Å²) in [6.07, 6.45) is -0.299. The van der Waals surface area contributed by atoms with Gasteiger partial charge in [-0.1, -0.05) is 0 Å². The average molecular weight is 133 g/mol. The van der Waals surface area contributed by atoms with E-state index in [9.17, 15) is 0 Å². The maximum atomic E-state index is 4.94. The molecule has 0 aromatic carbocycles. The van der Waals surface area contributed by atoms with Crippen LogP contribution in [0, 0.1) is 0 Å². The fourth-order valence-electron chi connectivity index (χ4n) is 0.408. The van der Waals surface area contributed by atoms with E-state index in [1.54, 1.807) is 0 Å². The summed E-state index contributed by atoms with van der Waals surface area (Å²) < 4.78 is 14.6. The summed E-state index contributed by atoms with van der Waals surface area (Å²) in [5.74, 6) is 0. The Kier molecular flexibility index (Phi) is 1.36. The number of hydrogen-bond donors (Lipinski definition) is 1. The van der Waals surface area contributed by atoms with Crippen LogP contribution in [0.15, 0.2) is 0 Å². The van der Waals surface area contributed by atoms with Crippen LogP contribution in [0.5, 0.6) is 0 Å². The molecule has 0 aromatic heterocycles. The van der Waals surface area contributed by atoms with Gasteiger partial charge in [-0.25, -0.2) is 4.84 Å². The molecule has 2 aliphatic rings. The van der Waals surface area contributed by atoms with E-state index >= 15 is 0 Å². The molecule has 0 spiro atoms. The number of epoxide rings is 1. The highest BCUT2D eigenvalue weighted by molar-refractivity contribution is 4.53. The van der Waals surface area contributed by atoms with Crippen molar-refractivity contribution >= 4 is 0 Å². The molecule has 5 nitrogen and oxygen atoms in total. The van der Waals surface area contributed by atoms with E-state index in [1.807, 2.05) is 0 Å². The first-order valence-electron chi connectivity index (χ1n) is 2.71. The zero-order chi connectivity index (χ0) is 6.10. The highest BCUT2D eigenvalue weighted by atomic mass is 16.9. The van der Waals surface area contributed by atoms with Gasteiger partial charge in [-0.2, -0.15) is 0 Å². The fourth-order valence-corrected chi connectivity index (χ4v) is 0.408. The maximum Gasteiger partial charge on any atom is 0.258 e. The summed E-state index contributed by atoms with van der Waals surface area (Å²) in [6.45, 7) is 0.907. The quantitative estimate of drug-likeness (QED) is 0.399. The van der Waals surface area contributed by atoms with Crippen molar-refractivity contribution in [2.45, 2.75) is 12.7 Å². The first-order chi connectivity index (χ1) is 4.45. The standard InChI is InChI=1S/C4H7NO4/c1-3(6-1)7-2-8-4-5-9-4/h3-5H,1-2H2. The molecule has 5 heteroatoms. The average Bonchev–Trinajstić information content (AvgIpc) is 2.57. The Bertz CT molecular complexity index is 88.7. The molecule has 2 atom stereocenters. The zero-order valence-electron chi connectivity index (χ0n) is 4.70. The molecule has 2 fully saturated rings. The van der Waals surface area contributed by atoms with E-state index in [1.165, 1.54) is 0 Å². The smallest absolute Gasteiger partial charge is 0.258 e. The predicted molar refractivity (Wildman–Crippen MR) is 24.8 cm³/mol. The summed E-state index contributed by atoms with van der Waals surface area (Å²) in [5.41, 5.74) is 2.49. The van der Waals surface area contributed by atoms with Crippen LogP contribution >= 0.6 is 0 Å². The molecule has 0 saturated carbocycles. The number of hydrogen-bond acceptors (Lipinski definition) is 5. The van der Waals surface area contributed by atoms with Crippen LogP contribution in [0.1, 0.15) is 0 Å². The molecule has 0 radical (unpaired) electrons. The van der Waals surface area contributed by atoms with Crippen molar-refractivity contribution in [3.63, 3.8) is 0 Å². The molecule has 1 N–H and O–H groups in total. The third-order valence-electron chi connectivity index (χ3n) is 0.990. The monoisotopic (exact) mass is 133 g/mol. The number of hydroxylamine groups is 1. The van der Waals surface area contributed by atoms with Crippen molar-refractivity contribution in [1.29, 1.82) is 0 Å². The third-order valence-corrected chi connectivity index (χ3v) is 0.990. The van der Waals surface area contributed by atoms with Gasteiger partial charge in [0.2, 0.25) is 0 Å². The summed E-state index contributed by atoms with van der Waals surface area (Å²) in [4.78, 5) is 4.52. The van der Waals surface area contributed by atoms with Crippen LogP contribution in [0.4, 0.5) is 0 Å². The molecule has 9 heavy (non-hydrogen) atoms. The van der Waals surface area contributed by atoms with Gasteiger partial charge in [0.15, 0.2) is 13.1 Å². The van der Waals surface area contributed by atoms with Gasteiger partial charge in [-0.05, 0) is 0 Å². The van der Waals surface area contributed by atoms with Crippen molar-refractivity contribution in [3.8, 4) is 0 Å². The first-order valence-corrected chi connectivity index (χ1v) is 2.71. The second-order valence-corrected chi connectivity index (χ2v) is 1.78. The molecule has 2 unspecified atom stereocenters. The normalized spacial score (nSPS) is 38.7. The second-order valence-electron chi connectivity index (χ2n) is 1.78. The zero-order valence-corrected chi connectivity index (χ0v) is 4.70. The predicted octanol–water partition coefficient (Wildman–Crippen LogP) is -0.848. The molecule has 0 bridgehead atoms. The maximum absolute atomic E-state index is 4.94. The van der Waals surface area contributed by atoms with Crippen LogP contribution in [0.2, 0.25) is 0 Å². The van der Waals surface area contributed by atoms with Gasteiger partial charge in [0.1, 0.15) is 6.61 Å². The van der Waals surface area contributed by atoms with Gasteiger partial charge in [0.25, 0.3) is 6.41 Å². The van der Waals surface area contributed by atoms with E-state index in [0.29, 0.717) is 6.61 Å². The lowest BCUT2D eigenvalue weighted by atomic mass is 10.9. The van der Waals surface area contributed by atoms with Crippen molar-refractivity contribution in [1.82, 2.24) is 5.48 Å². The van der Waals surface area contributed by atoms with Crippen LogP contribution < -0.4 is 5.48 Å². The van der Waals surface area contributed by atoms with E-state index in [0.717, 1.165) is 0 Å². The lowest BCUT2D eigenvalue weighted by Crippen LogP contribution is -2.05. The van der Waals surface area contributed by atoms with Gasteiger partial charge < -0.3 is 14.2 Å². The second kappa shape index (κ2) is 2.20. The summed E-state index contributed by atoms with van der Waals surface area (Å²) >= 11 is 0. The van der Waals surface area contributed by atoms with E-state index in [-0.39, 0.29) is 19.5 Å². The molecule has 52 valence electrons. The van der Waals surface area contributed by atoms with Crippen molar-refractivity contribution < 1.29 is 19.0 Å². The van der Waals surface area contributed by atoms with Crippen LogP contribution in [-0.2, 0) is 19.0 Å². The first kappa shape index (κ1) is 5.57. The minimum absolute atomic E-state index is 0.0382. The Morgan fingerprint density at radius 1 is 1.56 bits per heavy atom. The van der Waals surface area contributed by atoms with Crippen LogP contribution in [0.3, 0.4) is 0 Å². The number of ether oxygens (including phenoxy) is 3. The van der Waals surface area contributed by atoms with E-state index < -0.39 is 0 Å². The van der Waals surface area contributed by atoms with Crippen molar-refractivity contribution in [3.05, 3.63) is 0 Å². The minimum Gasteiger partial charge on any atom is -0.345 e. The largest absolute Gasteiger partial charge is 0.345 e. The lowest BCUT2D eigenvalue weighted by Gasteiger charge is -1.95. The Morgan fingerprint density at radius 2 is 2.33 bits per heavy atom. The Hall–Kier alpha value is -0.200. The number of rotatable bonds is 4. The topological polar surface area (TPSA) is 65.5 Å². The molecule has 2 saturated heterocycles. The third kappa shape index (κ3) is 1.88. The highest BCUT2D eigenvalue weighted by Gasteiger charge is 2.26. The van der Waals surface area contributed by atoms with Gasteiger partial charge in [-0.15, -0.1) is 5.48 Å². The lowest BCUT2D eigenvalue weighted by molar-refractivity contribution is -0.113. The Morgan fingerprint density at radius 3 is 2.89 bits per heavy atom. The van der Waals surface area contributed by atoms with Crippen LogP contribution in [-0.4, -0.2) is 26.1 Å². The Balaban J connectivity index is 1.46. The van der Waals surface area contributed by atoms with Crippen molar-refractivity contribution in [2.24, 2.45) is 0 Å². The molecule has 0 aromatic rings. The summed E-state index contributed by atoms with van der Waals surface area (Å²) in [5, 5.41) is 0. The molecule has 2 aliphatic heterocycles. The van der Waals surface area contributed by atoms with Gasteiger partial charge in [0.05, 0.1) is 0 Å². The van der Waals surface area contributed by atoms with Crippen LogP contribution in [0.25, 0.3) is 0 Å². The van der Waals surface area contributed by atoms with Gasteiger partial charge in [-0.3, -0.25) is 0 Å². The van der Waals surface area contributed by atoms with E-state index in [2.05, 4.69) is 10.3 Å². The molecule has 0 amide bonds. The minimum atomic E-state index is -0.260. The SMILES string of the molecule is C(OC1CO1)OC1NO1. The molecular formula is C4H7NO4.